The largest absolute Gasteiger partial charge is 0.364 e. The summed E-state index contributed by atoms with van der Waals surface area (Å²) >= 11 is 3.50. The van der Waals surface area contributed by atoms with Crippen LogP contribution in [0.15, 0.2) is 22.7 Å². The molecule has 0 atom stereocenters. The summed E-state index contributed by atoms with van der Waals surface area (Å²) in [5, 5.41) is 2.86. The van der Waals surface area contributed by atoms with Crippen molar-refractivity contribution in [1.82, 2.24) is 5.32 Å². The summed E-state index contributed by atoms with van der Waals surface area (Å²) in [5.41, 5.74) is 7.63. The summed E-state index contributed by atoms with van der Waals surface area (Å²) in [6, 6.07) is 5.93. The standard InChI is InChI=1S/C13H20BrN3O/c1-3-6-16-13(18)9-17(2)12-5-4-10(8-15)7-11(12)14/h4-5,7H,3,6,8-9,15H2,1-2H3,(H,16,18). The average molecular weight is 314 g/mol. The number of likely N-dealkylation sites (N-methyl/N-ethyl adjacent to an activating group) is 1. The molecule has 0 aliphatic heterocycles. The SMILES string of the molecule is CCCNC(=O)CN(C)c1ccc(CN)cc1Br. The monoisotopic (exact) mass is 313 g/mol. The normalized spacial score (nSPS) is 10.2. The highest BCUT2D eigenvalue weighted by Gasteiger charge is 2.10. The van der Waals surface area contributed by atoms with E-state index in [-0.39, 0.29) is 5.91 Å². The maximum absolute atomic E-state index is 11.6. The van der Waals surface area contributed by atoms with Gasteiger partial charge in [-0.25, -0.2) is 0 Å². The molecular weight excluding hydrogens is 294 g/mol. The molecule has 0 saturated carbocycles. The second-order valence-corrected chi connectivity index (χ2v) is 5.05. The third-order valence-corrected chi connectivity index (χ3v) is 3.25. The number of carbonyl (C=O) groups is 1. The van der Waals surface area contributed by atoms with Gasteiger partial charge in [0.25, 0.3) is 0 Å². The fourth-order valence-electron chi connectivity index (χ4n) is 1.61. The average Bonchev–Trinajstić information content (AvgIpc) is 2.35. The minimum absolute atomic E-state index is 0.0363. The van der Waals surface area contributed by atoms with E-state index < -0.39 is 0 Å². The van der Waals surface area contributed by atoms with Gasteiger partial charge in [-0.05, 0) is 40.0 Å². The first-order valence-corrected chi connectivity index (χ1v) is 6.84. The molecule has 0 aromatic heterocycles. The van der Waals surface area contributed by atoms with Gasteiger partial charge in [-0.3, -0.25) is 4.79 Å². The summed E-state index contributed by atoms with van der Waals surface area (Å²) in [5.74, 6) is 0.0363. The van der Waals surface area contributed by atoms with Crippen molar-refractivity contribution in [1.29, 1.82) is 0 Å². The molecule has 1 amide bonds. The van der Waals surface area contributed by atoms with Crippen LogP contribution in [0, 0.1) is 0 Å². The lowest BCUT2D eigenvalue weighted by molar-refractivity contribution is -0.119. The van der Waals surface area contributed by atoms with Crippen LogP contribution in [-0.4, -0.2) is 26.0 Å². The number of hydrogen-bond donors (Lipinski definition) is 2. The number of nitrogens with one attached hydrogen (secondary N) is 1. The van der Waals surface area contributed by atoms with Crippen LogP contribution in [0.4, 0.5) is 5.69 Å². The summed E-state index contributed by atoms with van der Waals surface area (Å²) in [4.78, 5) is 13.5. The molecule has 5 heteroatoms. The zero-order valence-corrected chi connectivity index (χ0v) is 12.5. The maximum Gasteiger partial charge on any atom is 0.239 e. The molecule has 1 aromatic carbocycles. The van der Waals surface area contributed by atoms with Crippen LogP contribution in [0.2, 0.25) is 0 Å². The van der Waals surface area contributed by atoms with Crippen molar-refractivity contribution in [2.75, 3.05) is 25.0 Å². The molecule has 4 nitrogen and oxygen atoms in total. The number of anilines is 1. The van der Waals surface area contributed by atoms with Gasteiger partial charge in [-0.1, -0.05) is 13.0 Å². The Kier molecular flexibility index (Phi) is 6.15. The van der Waals surface area contributed by atoms with E-state index in [2.05, 4.69) is 21.2 Å². The van der Waals surface area contributed by atoms with Crippen LogP contribution in [0.3, 0.4) is 0 Å². The molecule has 100 valence electrons. The Labute approximate surface area is 117 Å². The van der Waals surface area contributed by atoms with Crippen molar-refractivity contribution in [3.63, 3.8) is 0 Å². The van der Waals surface area contributed by atoms with Crippen LogP contribution in [-0.2, 0) is 11.3 Å². The van der Waals surface area contributed by atoms with Gasteiger partial charge in [0.2, 0.25) is 5.91 Å². The molecule has 3 N–H and O–H groups in total. The molecule has 1 aromatic rings. The lowest BCUT2D eigenvalue weighted by Gasteiger charge is -2.20. The molecule has 0 aliphatic rings. The summed E-state index contributed by atoms with van der Waals surface area (Å²) in [6.45, 7) is 3.62. The zero-order valence-electron chi connectivity index (χ0n) is 10.9. The van der Waals surface area contributed by atoms with E-state index >= 15 is 0 Å². The van der Waals surface area contributed by atoms with Crippen LogP contribution < -0.4 is 16.0 Å². The fourth-order valence-corrected chi connectivity index (χ4v) is 2.34. The number of benzene rings is 1. The van der Waals surface area contributed by atoms with Gasteiger partial charge in [0.1, 0.15) is 0 Å². The number of hydrogen-bond acceptors (Lipinski definition) is 3. The van der Waals surface area contributed by atoms with Crippen LogP contribution in [0.1, 0.15) is 18.9 Å². The number of rotatable bonds is 6. The first-order valence-electron chi connectivity index (χ1n) is 6.04. The Bertz CT molecular complexity index is 409. The first-order chi connectivity index (χ1) is 8.58. The lowest BCUT2D eigenvalue weighted by atomic mass is 10.2. The van der Waals surface area contributed by atoms with Crippen molar-refractivity contribution >= 4 is 27.5 Å². The Balaban J connectivity index is 2.66. The minimum atomic E-state index is 0.0363. The highest BCUT2D eigenvalue weighted by Crippen LogP contribution is 2.26. The Morgan fingerprint density at radius 3 is 2.78 bits per heavy atom. The second kappa shape index (κ2) is 7.38. The summed E-state index contributed by atoms with van der Waals surface area (Å²) in [6.07, 6.45) is 0.949. The van der Waals surface area contributed by atoms with Crippen molar-refractivity contribution in [3.8, 4) is 0 Å². The quantitative estimate of drug-likeness (QED) is 0.843. The van der Waals surface area contributed by atoms with Crippen molar-refractivity contribution in [2.24, 2.45) is 5.73 Å². The van der Waals surface area contributed by atoms with Gasteiger partial charge in [-0.2, -0.15) is 0 Å². The van der Waals surface area contributed by atoms with E-state index in [4.69, 9.17) is 5.73 Å². The highest BCUT2D eigenvalue weighted by atomic mass is 79.9. The molecular formula is C13H20BrN3O. The number of nitrogens with zero attached hydrogens (tertiary/aromatic N) is 1. The van der Waals surface area contributed by atoms with E-state index in [1.165, 1.54) is 0 Å². The van der Waals surface area contributed by atoms with E-state index in [1.807, 2.05) is 37.1 Å². The van der Waals surface area contributed by atoms with Gasteiger partial charge in [-0.15, -0.1) is 0 Å². The van der Waals surface area contributed by atoms with E-state index in [1.54, 1.807) is 0 Å². The zero-order chi connectivity index (χ0) is 13.5. The van der Waals surface area contributed by atoms with Crippen LogP contribution in [0.25, 0.3) is 0 Å². The van der Waals surface area contributed by atoms with E-state index in [0.29, 0.717) is 13.1 Å². The van der Waals surface area contributed by atoms with Crippen molar-refractivity contribution in [3.05, 3.63) is 28.2 Å². The Morgan fingerprint density at radius 2 is 2.22 bits per heavy atom. The first kappa shape index (κ1) is 15.0. The number of nitrogens with two attached hydrogens (primary N) is 1. The molecule has 18 heavy (non-hydrogen) atoms. The minimum Gasteiger partial charge on any atom is -0.364 e. The van der Waals surface area contributed by atoms with E-state index in [0.717, 1.165) is 28.7 Å². The lowest BCUT2D eigenvalue weighted by Crippen LogP contribution is -2.35. The smallest absolute Gasteiger partial charge is 0.239 e. The molecule has 0 saturated heterocycles. The molecule has 0 heterocycles. The Morgan fingerprint density at radius 1 is 1.50 bits per heavy atom. The van der Waals surface area contributed by atoms with Crippen LogP contribution >= 0.6 is 15.9 Å². The van der Waals surface area contributed by atoms with Crippen molar-refractivity contribution < 1.29 is 4.79 Å². The molecule has 0 aliphatic carbocycles. The number of amides is 1. The number of halogens is 1. The summed E-state index contributed by atoms with van der Waals surface area (Å²) in [7, 11) is 1.90. The molecule has 0 unspecified atom stereocenters. The fraction of sp³-hybridized carbons (Fsp3) is 0.462. The molecule has 0 bridgehead atoms. The van der Waals surface area contributed by atoms with Gasteiger partial charge in [0.05, 0.1) is 12.2 Å². The van der Waals surface area contributed by atoms with Gasteiger partial charge >= 0.3 is 0 Å². The van der Waals surface area contributed by atoms with Crippen LogP contribution in [0.5, 0.6) is 0 Å². The molecule has 0 spiro atoms. The summed E-state index contributed by atoms with van der Waals surface area (Å²) < 4.78 is 0.955. The highest BCUT2D eigenvalue weighted by molar-refractivity contribution is 9.10. The predicted octanol–water partition coefficient (Wildman–Crippen LogP) is 1.87. The third-order valence-electron chi connectivity index (χ3n) is 2.61. The number of carbonyl (C=O) groups excluding carboxylic acids is 1. The topological polar surface area (TPSA) is 58.4 Å². The second-order valence-electron chi connectivity index (χ2n) is 4.20. The van der Waals surface area contributed by atoms with Gasteiger partial charge in [0, 0.05) is 24.6 Å². The van der Waals surface area contributed by atoms with Gasteiger partial charge < -0.3 is 16.0 Å². The van der Waals surface area contributed by atoms with Crippen molar-refractivity contribution in [2.45, 2.75) is 19.9 Å². The van der Waals surface area contributed by atoms with E-state index in [9.17, 15) is 4.79 Å². The molecule has 0 radical (unpaired) electrons. The van der Waals surface area contributed by atoms with Gasteiger partial charge in [0.15, 0.2) is 0 Å². The predicted molar refractivity (Wildman–Crippen MR) is 78.6 cm³/mol. The third kappa shape index (κ3) is 4.31. The maximum atomic E-state index is 11.6. The Hall–Kier alpha value is -1.07. The molecule has 1 rings (SSSR count). The molecule has 0 fully saturated rings.